The number of carbonyl (C=O) groups is 3. The highest BCUT2D eigenvalue weighted by Gasteiger charge is 2.50. The van der Waals surface area contributed by atoms with Crippen molar-refractivity contribution < 1.29 is 22.8 Å². The molecule has 0 aromatic heterocycles. The van der Waals surface area contributed by atoms with E-state index in [0.29, 0.717) is 31.6 Å². The van der Waals surface area contributed by atoms with Crippen LogP contribution in [0.1, 0.15) is 32.6 Å². The van der Waals surface area contributed by atoms with E-state index < -0.39 is 22.0 Å². The third kappa shape index (κ3) is 3.56. The number of allylic oxidation sites excluding steroid dienone is 2. The van der Waals surface area contributed by atoms with Crippen LogP contribution < -0.4 is 5.32 Å². The predicted octanol–water partition coefficient (Wildman–Crippen LogP) is 1.75. The average Bonchev–Trinajstić information content (AvgIpc) is 3.37. The third-order valence-corrected chi connectivity index (χ3v) is 8.05. The maximum absolute atomic E-state index is 12.7. The Balaban J connectivity index is 1.44. The van der Waals surface area contributed by atoms with Crippen molar-refractivity contribution in [2.45, 2.75) is 43.5 Å². The molecule has 3 atom stereocenters. The first kappa shape index (κ1) is 20.7. The fourth-order valence-electron chi connectivity index (χ4n) is 4.36. The van der Waals surface area contributed by atoms with Gasteiger partial charge in [0.05, 0.1) is 16.7 Å². The summed E-state index contributed by atoms with van der Waals surface area (Å²) < 4.78 is 26.7. The smallest absolute Gasteiger partial charge is 0.247 e. The maximum Gasteiger partial charge on any atom is 0.247 e. The fraction of sp³-hybridized carbons (Fsp3) is 0.476. The number of hydrogen-bond acceptors (Lipinski definition) is 5. The Morgan fingerprint density at radius 3 is 2.07 bits per heavy atom. The minimum absolute atomic E-state index is 0.178. The van der Waals surface area contributed by atoms with Crippen molar-refractivity contribution in [3.63, 3.8) is 0 Å². The minimum Gasteiger partial charge on any atom is -0.324 e. The van der Waals surface area contributed by atoms with E-state index >= 15 is 0 Å². The SMILES string of the molecule is C[C@@H](C(=O)Nc1ccc(S(=O)(=O)N2CCCC2)cc1)N1C(=O)[C@@H]2CC=CC[C@H]2C1=O. The molecule has 160 valence electrons. The molecule has 30 heavy (non-hydrogen) atoms. The lowest BCUT2D eigenvalue weighted by molar-refractivity contribution is -0.146. The number of sulfonamides is 1. The largest absolute Gasteiger partial charge is 0.324 e. The topological polar surface area (TPSA) is 104 Å². The number of carbonyl (C=O) groups excluding carboxylic acids is 3. The quantitative estimate of drug-likeness (QED) is 0.565. The van der Waals surface area contributed by atoms with Crippen molar-refractivity contribution in [3.05, 3.63) is 36.4 Å². The summed E-state index contributed by atoms with van der Waals surface area (Å²) in [5.74, 6) is -1.85. The maximum atomic E-state index is 12.7. The fourth-order valence-corrected chi connectivity index (χ4v) is 5.88. The lowest BCUT2D eigenvalue weighted by Crippen LogP contribution is -2.46. The van der Waals surface area contributed by atoms with Crippen molar-refractivity contribution in [3.8, 4) is 0 Å². The lowest BCUT2D eigenvalue weighted by atomic mass is 9.85. The Bertz CT molecular complexity index is 970. The lowest BCUT2D eigenvalue weighted by Gasteiger charge is -2.22. The van der Waals surface area contributed by atoms with Crippen LogP contribution in [-0.2, 0) is 24.4 Å². The molecule has 8 nitrogen and oxygen atoms in total. The number of rotatable bonds is 5. The van der Waals surface area contributed by atoms with Crippen molar-refractivity contribution in [2.75, 3.05) is 18.4 Å². The normalized spacial score (nSPS) is 25.4. The highest BCUT2D eigenvalue weighted by Crippen LogP contribution is 2.36. The molecule has 3 aliphatic rings. The van der Waals surface area contributed by atoms with E-state index in [1.54, 1.807) is 0 Å². The van der Waals surface area contributed by atoms with E-state index in [2.05, 4.69) is 5.32 Å². The molecule has 1 N–H and O–H groups in total. The Morgan fingerprint density at radius 1 is 1.00 bits per heavy atom. The molecule has 1 aromatic rings. The summed E-state index contributed by atoms with van der Waals surface area (Å²) in [6.45, 7) is 2.57. The van der Waals surface area contributed by atoms with Gasteiger partial charge in [0.25, 0.3) is 0 Å². The number of benzene rings is 1. The molecule has 9 heteroatoms. The monoisotopic (exact) mass is 431 g/mol. The predicted molar refractivity (Wildman–Crippen MR) is 110 cm³/mol. The zero-order valence-electron chi connectivity index (χ0n) is 16.8. The number of fused-ring (bicyclic) bond motifs is 1. The number of likely N-dealkylation sites (tertiary alicyclic amines) is 1. The Kier molecular flexibility index (Phi) is 5.50. The molecule has 1 aromatic carbocycles. The van der Waals surface area contributed by atoms with Crippen LogP contribution in [0, 0.1) is 11.8 Å². The molecule has 4 rings (SSSR count). The second-order valence-corrected chi connectivity index (χ2v) is 9.94. The zero-order valence-corrected chi connectivity index (χ0v) is 17.6. The number of nitrogens with zero attached hydrogens (tertiary/aromatic N) is 2. The van der Waals surface area contributed by atoms with Crippen molar-refractivity contribution >= 4 is 33.4 Å². The molecule has 3 amide bonds. The molecular formula is C21H25N3O5S. The van der Waals surface area contributed by atoms with Gasteiger partial charge in [-0.3, -0.25) is 19.3 Å². The Hall–Kier alpha value is -2.52. The summed E-state index contributed by atoms with van der Waals surface area (Å²) in [4.78, 5) is 39.2. The van der Waals surface area contributed by atoms with Crippen LogP contribution >= 0.6 is 0 Å². The number of amides is 3. The number of nitrogens with one attached hydrogen (secondary N) is 1. The molecule has 0 bridgehead atoms. The highest BCUT2D eigenvalue weighted by molar-refractivity contribution is 7.89. The van der Waals surface area contributed by atoms with Gasteiger partial charge >= 0.3 is 0 Å². The molecule has 2 aliphatic heterocycles. The number of anilines is 1. The summed E-state index contributed by atoms with van der Waals surface area (Å²) >= 11 is 0. The van der Waals surface area contributed by atoms with Crippen LogP contribution in [0.4, 0.5) is 5.69 Å². The minimum atomic E-state index is -3.52. The van der Waals surface area contributed by atoms with E-state index in [9.17, 15) is 22.8 Å². The van der Waals surface area contributed by atoms with E-state index in [-0.39, 0.29) is 28.5 Å². The van der Waals surface area contributed by atoms with E-state index in [4.69, 9.17) is 0 Å². The molecule has 0 unspecified atom stereocenters. The van der Waals surface area contributed by atoms with Gasteiger partial charge < -0.3 is 5.32 Å². The summed E-state index contributed by atoms with van der Waals surface area (Å²) in [7, 11) is -3.52. The van der Waals surface area contributed by atoms with Gasteiger partial charge in [0, 0.05) is 18.8 Å². The Morgan fingerprint density at radius 2 is 1.53 bits per heavy atom. The van der Waals surface area contributed by atoms with Crippen molar-refractivity contribution in [1.82, 2.24) is 9.21 Å². The van der Waals surface area contributed by atoms with Crippen LogP contribution in [0.25, 0.3) is 0 Å². The highest BCUT2D eigenvalue weighted by atomic mass is 32.2. The number of imide groups is 1. The molecular weight excluding hydrogens is 406 g/mol. The van der Waals surface area contributed by atoms with Crippen molar-refractivity contribution in [1.29, 1.82) is 0 Å². The molecule has 0 radical (unpaired) electrons. The van der Waals surface area contributed by atoms with Gasteiger partial charge in [0.1, 0.15) is 6.04 Å². The first-order valence-corrected chi connectivity index (χ1v) is 11.7. The van der Waals surface area contributed by atoms with Crippen molar-refractivity contribution in [2.24, 2.45) is 11.8 Å². The van der Waals surface area contributed by atoms with Crippen LogP contribution in [0.15, 0.2) is 41.3 Å². The second-order valence-electron chi connectivity index (χ2n) is 8.00. The van der Waals surface area contributed by atoms with Gasteiger partial charge in [-0.05, 0) is 56.9 Å². The van der Waals surface area contributed by atoms with Crippen LogP contribution in [0.3, 0.4) is 0 Å². The summed E-state index contributed by atoms with van der Waals surface area (Å²) in [5, 5.41) is 2.68. The van der Waals surface area contributed by atoms with Gasteiger partial charge in [0.2, 0.25) is 27.7 Å². The van der Waals surface area contributed by atoms with E-state index in [1.807, 2.05) is 12.2 Å². The van der Waals surface area contributed by atoms with Gasteiger partial charge in [-0.15, -0.1) is 0 Å². The number of hydrogen-bond donors (Lipinski definition) is 1. The Labute approximate surface area is 176 Å². The van der Waals surface area contributed by atoms with Gasteiger partial charge in [-0.25, -0.2) is 8.42 Å². The summed E-state index contributed by atoms with van der Waals surface area (Å²) in [5.41, 5.74) is 0.408. The molecule has 1 aliphatic carbocycles. The van der Waals surface area contributed by atoms with E-state index in [0.717, 1.165) is 17.7 Å². The van der Waals surface area contributed by atoms with Crippen LogP contribution in [0.2, 0.25) is 0 Å². The molecule has 2 heterocycles. The summed E-state index contributed by atoms with van der Waals surface area (Å²) in [6.07, 6.45) is 6.56. The molecule has 0 spiro atoms. The standard InChI is InChI=1S/C21H25N3O5S/c1-14(24-20(26)17-6-2-3-7-18(17)21(24)27)19(25)22-15-8-10-16(11-9-15)30(28,29)23-12-4-5-13-23/h2-3,8-11,14,17-18H,4-7,12-13H2,1H3,(H,22,25)/t14-,17+,18+/m0/s1. The van der Waals surface area contributed by atoms with Gasteiger partial charge in [0.15, 0.2) is 0 Å². The first-order valence-electron chi connectivity index (χ1n) is 10.2. The van der Waals surface area contributed by atoms with Crippen LogP contribution in [0.5, 0.6) is 0 Å². The van der Waals surface area contributed by atoms with E-state index in [1.165, 1.54) is 35.5 Å². The first-order chi connectivity index (χ1) is 14.3. The average molecular weight is 432 g/mol. The van der Waals surface area contributed by atoms with Gasteiger partial charge in [-0.1, -0.05) is 12.2 Å². The second kappa shape index (κ2) is 7.96. The molecule has 0 saturated carbocycles. The third-order valence-electron chi connectivity index (χ3n) is 6.13. The molecule has 2 fully saturated rings. The van der Waals surface area contributed by atoms with Crippen LogP contribution in [-0.4, -0.2) is 54.5 Å². The van der Waals surface area contributed by atoms with Gasteiger partial charge in [-0.2, -0.15) is 4.31 Å². The summed E-state index contributed by atoms with van der Waals surface area (Å²) in [6, 6.07) is 5.01. The molecule has 2 saturated heterocycles. The zero-order chi connectivity index (χ0) is 21.5.